The number of carbonyl (C=O) groups is 1. The first-order valence-electron chi connectivity index (χ1n) is 11.1. The number of benzene rings is 1. The molecule has 162 valence electrons. The highest BCUT2D eigenvalue weighted by Gasteiger charge is 2.20. The van der Waals surface area contributed by atoms with Gasteiger partial charge in [-0.1, -0.05) is 49.9 Å². The van der Waals surface area contributed by atoms with Crippen molar-refractivity contribution in [1.82, 2.24) is 15.5 Å². The fourth-order valence-electron chi connectivity index (χ4n) is 4.35. The van der Waals surface area contributed by atoms with Gasteiger partial charge in [0.05, 0.1) is 6.54 Å². The third kappa shape index (κ3) is 7.79. The van der Waals surface area contributed by atoms with Crippen LogP contribution in [0.5, 0.6) is 0 Å². The maximum atomic E-state index is 12.0. The van der Waals surface area contributed by atoms with Gasteiger partial charge in [0.1, 0.15) is 0 Å². The van der Waals surface area contributed by atoms with Gasteiger partial charge in [0.15, 0.2) is 5.96 Å². The lowest BCUT2D eigenvalue weighted by Crippen LogP contribution is -2.37. The molecule has 29 heavy (non-hydrogen) atoms. The van der Waals surface area contributed by atoms with Crippen LogP contribution in [0.3, 0.4) is 0 Å². The van der Waals surface area contributed by atoms with Gasteiger partial charge in [0.25, 0.3) is 0 Å². The zero-order chi connectivity index (χ0) is 19.6. The molecule has 1 amide bonds. The molecule has 2 N–H and O–H groups in total. The van der Waals surface area contributed by atoms with Gasteiger partial charge < -0.3 is 15.5 Å². The Kier molecular flexibility index (Phi) is 10.8. The number of hydrogen-bond donors (Lipinski definition) is 2. The number of hydrogen-bond acceptors (Lipinski definition) is 2. The van der Waals surface area contributed by atoms with Crippen molar-refractivity contribution in [2.45, 2.75) is 71.4 Å². The molecule has 1 aliphatic carbocycles. The molecule has 3 rings (SSSR count). The van der Waals surface area contributed by atoms with Crippen LogP contribution in [0.15, 0.2) is 29.3 Å². The molecule has 1 heterocycles. The van der Waals surface area contributed by atoms with Crippen molar-refractivity contribution in [2.75, 3.05) is 19.6 Å². The standard InChI is InChI=1S/C23H36N4O.HI/c1-2-24-23(25-15-7-11-19-9-3-4-10-19)26-17-20-12-5-6-13-21(20)18-27-16-8-14-22(27)28;/h5-6,12-13,19H,2-4,7-11,14-18H2,1H3,(H2,24,25,26);1H. The Morgan fingerprint density at radius 1 is 1.14 bits per heavy atom. The van der Waals surface area contributed by atoms with Crippen LogP contribution in [0.2, 0.25) is 0 Å². The Balaban J connectivity index is 0.00000300. The molecule has 0 spiro atoms. The van der Waals surface area contributed by atoms with E-state index in [1.54, 1.807) is 0 Å². The fourth-order valence-corrected chi connectivity index (χ4v) is 4.35. The van der Waals surface area contributed by atoms with Gasteiger partial charge in [-0.2, -0.15) is 0 Å². The van der Waals surface area contributed by atoms with Gasteiger partial charge in [0, 0.05) is 32.6 Å². The topological polar surface area (TPSA) is 56.7 Å². The zero-order valence-electron chi connectivity index (χ0n) is 17.8. The van der Waals surface area contributed by atoms with Crippen LogP contribution in [-0.2, 0) is 17.9 Å². The summed E-state index contributed by atoms with van der Waals surface area (Å²) in [5.74, 6) is 2.11. The molecular formula is C23H37IN4O. The third-order valence-corrected chi connectivity index (χ3v) is 5.96. The molecule has 2 fully saturated rings. The van der Waals surface area contributed by atoms with E-state index in [2.05, 4.69) is 41.8 Å². The van der Waals surface area contributed by atoms with E-state index in [9.17, 15) is 4.79 Å². The number of guanidine groups is 1. The number of nitrogens with zero attached hydrogens (tertiary/aromatic N) is 2. The second-order valence-corrected chi connectivity index (χ2v) is 8.10. The van der Waals surface area contributed by atoms with Crippen LogP contribution in [0.1, 0.15) is 69.4 Å². The fraction of sp³-hybridized carbons (Fsp3) is 0.652. The van der Waals surface area contributed by atoms with Gasteiger partial charge in [0.2, 0.25) is 5.91 Å². The molecule has 1 aromatic carbocycles. The molecule has 0 aromatic heterocycles. The minimum atomic E-state index is 0. The number of likely N-dealkylation sites (tertiary alicyclic amines) is 1. The van der Waals surface area contributed by atoms with E-state index >= 15 is 0 Å². The maximum Gasteiger partial charge on any atom is 0.222 e. The number of halogens is 1. The summed E-state index contributed by atoms with van der Waals surface area (Å²) in [6.45, 7) is 6.15. The van der Waals surface area contributed by atoms with Crippen molar-refractivity contribution < 1.29 is 4.79 Å². The minimum absolute atomic E-state index is 0. The van der Waals surface area contributed by atoms with Crippen LogP contribution in [0, 0.1) is 5.92 Å². The third-order valence-electron chi connectivity index (χ3n) is 5.96. The van der Waals surface area contributed by atoms with Crippen molar-refractivity contribution in [3.05, 3.63) is 35.4 Å². The Morgan fingerprint density at radius 2 is 1.90 bits per heavy atom. The van der Waals surface area contributed by atoms with Crippen molar-refractivity contribution in [2.24, 2.45) is 10.9 Å². The summed E-state index contributed by atoms with van der Waals surface area (Å²) >= 11 is 0. The van der Waals surface area contributed by atoms with E-state index in [0.717, 1.165) is 37.9 Å². The smallest absolute Gasteiger partial charge is 0.222 e. The zero-order valence-corrected chi connectivity index (χ0v) is 20.1. The Morgan fingerprint density at radius 3 is 2.59 bits per heavy atom. The number of rotatable bonds is 9. The lowest BCUT2D eigenvalue weighted by Gasteiger charge is -2.18. The van der Waals surface area contributed by atoms with Gasteiger partial charge >= 0.3 is 0 Å². The summed E-state index contributed by atoms with van der Waals surface area (Å²) in [4.78, 5) is 18.7. The molecular weight excluding hydrogens is 475 g/mol. The van der Waals surface area contributed by atoms with Gasteiger partial charge in [-0.3, -0.25) is 4.79 Å². The Bertz CT molecular complexity index is 658. The minimum Gasteiger partial charge on any atom is -0.357 e. The second kappa shape index (κ2) is 13.1. The molecule has 1 aliphatic heterocycles. The van der Waals surface area contributed by atoms with Crippen molar-refractivity contribution in [1.29, 1.82) is 0 Å². The highest BCUT2D eigenvalue weighted by molar-refractivity contribution is 14.0. The number of amides is 1. The molecule has 0 bridgehead atoms. The van der Waals surface area contributed by atoms with Gasteiger partial charge in [-0.15, -0.1) is 24.0 Å². The number of carbonyl (C=O) groups excluding carboxylic acids is 1. The summed E-state index contributed by atoms with van der Waals surface area (Å²) < 4.78 is 0. The first-order chi connectivity index (χ1) is 13.8. The van der Waals surface area contributed by atoms with Crippen LogP contribution in [0.25, 0.3) is 0 Å². The van der Waals surface area contributed by atoms with E-state index < -0.39 is 0 Å². The molecule has 0 unspecified atom stereocenters. The van der Waals surface area contributed by atoms with E-state index in [-0.39, 0.29) is 29.9 Å². The van der Waals surface area contributed by atoms with Gasteiger partial charge in [-0.05, 0) is 43.2 Å². The van der Waals surface area contributed by atoms with Crippen molar-refractivity contribution >= 4 is 35.8 Å². The first kappa shape index (κ1) is 24.0. The molecule has 0 radical (unpaired) electrons. The molecule has 0 atom stereocenters. The van der Waals surface area contributed by atoms with Crippen LogP contribution >= 0.6 is 24.0 Å². The van der Waals surface area contributed by atoms with Crippen molar-refractivity contribution in [3.63, 3.8) is 0 Å². The number of nitrogens with one attached hydrogen (secondary N) is 2. The molecule has 1 saturated heterocycles. The maximum absolute atomic E-state index is 12.0. The summed E-state index contributed by atoms with van der Waals surface area (Å²) in [6, 6.07) is 8.36. The second-order valence-electron chi connectivity index (χ2n) is 8.10. The van der Waals surface area contributed by atoms with E-state index in [1.807, 2.05) is 4.90 Å². The van der Waals surface area contributed by atoms with E-state index in [0.29, 0.717) is 19.5 Å². The normalized spacial score (nSPS) is 17.5. The predicted octanol–water partition coefficient (Wildman–Crippen LogP) is 4.45. The molecule has 1 aromatic rings. The van der Waals surface area contributed by atoms with Crippen molar-refractivity contribution in [3.8, 4) is 0 Å². The lowest BCUT2D eigenvalue weighted by molar-refractivity contribution is -0.128. The first-order valence-corrected chi connectivity index (χ1v) is 11.1. The highest BCUT2D eigenvalue weighted by atomic mass is 127. The Labute approximate surface area is 193 Å². The average Bonchev–Trinajstić information content (AvgIpc) is 3.36. The monoisotopic (exact) mass is 512 g/mol. The Hall–Kier alpha value is -1.31. The summed E-state index contributed by atoms with van der Waals surface area (Å²) in [5.41, 5.74) is 2.41. The molecule has 6 heteroatoms. The average molecular weight is 512 g/mol. The van der Waals surface area contributed by atoms with Crippen LogP contribution < -0.4 is 10.6 Å². The van der Waals surface area contributed by atoms with Gasteiger partial charge in [-0.25, -0.2) is 4.99 Å². The van der Waals surface area contributed by atoms with E-state index in [1.165, 1.54) is 49.7 Å². The summed E-state index contributed by atoms with van der Waals surface area (Å²) in [7, 11) is 0. The summed E-state index contributed by atoms with van der Waals surface area (Å²) in [6.07, 6.45) is 9.90. The molecule has 2 aliphatic rings. The highest BCUT2D eigenvalue weighted by Crippen LogP contribution is 2.28. The van der Waals surface area contributed by atoms with E-state index in [4.69, 9.17) is 4.99 Å². The molecule has 5 nitrogen and oxygen atoms in total. The lowest BCUT2D eigenvalue weighted by atomic mass is 10.0. The largest absolute Gasteiger partial charge is 0.357 e. The predicted molar refractivity (Wildman–Crippen MR) is 131 cm³/mol. The van der Waals surface area contributed by atoms with Crippen LogP contribution in [-0.4, -0.2) is 36.4 Å². The SMILES string of the molecule is CCNC(=NCc1ccccc1CN1CCCC1=O)NCCCC1CCCC1.I. The van der Waals surface area contributed by atoms with Crippen LogP contribution in [0.4, 0.5) is 0 Å². The summed E-state index contributed by atoms with van der Waals surface area (Å²) in [5, 5.41) is 6.84. The quantitative estimate of drug-likeness (QED) is 0.223. The molecule has 1 saturated carbocycles. The number of aliphatic imine (C=N–C) groups is 1.